The Bertz CT molecular complexity index is 710. The van der Waals surface area contributed by atoms with Crippen LogP contribution in [0.15, 0.2) is 36.5 Å². The van der Waals surface area contributed by atoms with Crippen LogP contribution < -0.4 is 5.32 Å². The summed E-state index contributed by atoms with van der Waals surface area (Å²) in [7, 11) is 0. The second kappa shape index (κ2) is 5.97. The number of hydrogen-bond acceptors (Lipinski definition) is 3. The number of amides is 1. The number of halogens is 1. The average molecular weight is 305 g/mol. The van der Waals surface area contributed by atoms with E-state index in [9.17, 15) is 14.0 Å². The molecule has 0 fully saturated rings. The Kier molecular flexibility index (Phi) is 4.25. The smallest absolute Gasteiger partial charge is 0.325 e. The van der Waals surface area contributed by atoms with E-state index in [1.165, 1.54) is 29.1 Å². The molecule has 1 heterocycles. The van der Waals surface area contributed by atoms with Crippen LogP contribution in [0, 0.1) is 5.82 Å². The van der Waals surface area contributed by atoms with E-state index in [1.54, 1.807) is 26.0 Å². The first-order valence-corrected chi connectivity index (χ1v) is 6.62. The highest BCUT2D eigenvalue weighted by Crippen LogP contribution is 2.25. The summed E-state index contributed by atoms with van der Waals surface area (Å²) < 4.78 is 14.5. The molecule has 0 aliphatic heterocycles. The number of anilines is 1. The van der Waals surface area contributed by atoms with Crippen LogP contribution in [0.2, 0.25) is 0 Å². The molecule has 1 aromatic heterocycles. The van der Waals surface area contributed by atoms with Gasteiger partial charge in [0, 0.05) is 12.3 Å². The molecule has 0 aliphatic rings. The predicted molar refractivity (Wildman–Crippen MR) is 77.9 cm³/mol. The first-order chi connectivity index (χ1) is 10.3. The first kappa shape index (κ1) is 15.7. The number of carbonyl (C=O) groups is 2. The highest BCUT2D eigenvalue weighted by atomic mass is 19.1. The number of benzene rings is 1. The number of aromatic nitrogens is 2. The van der Waals surface area contributed by atoms with E-state index in [2.05, 4.69) is 10.4 Å². The van der Waals surface area contributed by atoms with Crippen LogP contribution in [0.25, 0.3) is 0 Å². The Balaban J connectivity index is 2.13. The minimum Gasteiger partial charge on any atom is -0.480 e. The zero-order chi connectivity index (χ0) is 16.3. The normalized spacial score (nSPS) is 11.2. The molecule has 0 radical (unpaired) electrons. The molecule has 1 amide bonds. The van der Waals surface area contributed by atoms with E-state index in [4.69, 9.17) is 5.11 Å². The Morgan fingerprint density at radius 2 is 2.09 bits per heavy atom. The lowest BCUT2D eigenvalue weighted by molar-refractivity contribution is -0.137. The minimum atomic E-state index is -1.03. The summed E-state index contributed by atoms with van der Waals surface area (Å²) in [6.45, 7) is 3.06. The maximum Gasteiger partial charge on any atom is 0.325 e. The summed E-state index contributed by atoms with van der Waals surface area (Å²) in [5.41, 5.74) is -0.423. The summed E-state index contributed by atoms with van der Waals surface area (Å²) >= 11 is 0. The Morgan fingerprint density at radius 1 is 1.36 bits per heavy atom. The van der Waals surface area contributed by atoms with Gasteiger partial charge in [-0.1, -0.05) is 12.1 Å². The zero-order valence-electron chi connectivity index (χ0n) is 12.2. The molecule has 0 spiro atoms. The third-order valence-electron chi connectivity index (χ3n) is 3.29. The van der Waals surface area contributed by atoms with Gasteiger partial charge in [-0.3, -0.25) is 14.3 Å². The molecule has 0 bridgehead atoms. The molecule has 6 nitrogen and oxygen atoms in total. The number of nitrogens with one attached hydrogen (secondary N) is 1. The van der Waals surface area contributed by atoms with E-state index in [-0.39, 0.29) is 18.3 Å². The van der Waals surface area contributed by atoms with Crippen molar-refractivity contribution in [3.8, 4) is 0 Å². The number of carboxylic acids is 1. The van der Waals surface area contributed by atoms with Crippen LogP contribution in [0.1, 0.15) is 19.4 Å². The van der Waals surface area contributed by atoms with Crippen molar-refractivity contribution in [2.24, 2.45) is 0 Å². The zero-order valence-corrected chi connectivity index (χ0v) is 12.2. The molecule has 0 saturated heterocycles. The lowest BCUT2D eigenvalue weighted by atomic mass is 9.83. The number of nitrogens with zero attached hydrogens (tertiary/aromatic N) is 2. The van der Waals surface area contributed by atoms with Crippen LogP contribution in [0.5, 0.6) is 0 Å². The number of hydrogen-bond donors (Lipinski definition) is 2. The highest BCUT2D eigenvalue weighted by Gasteiger charge is 2.30. The van der Waals surface area contributed by atoms with Crippen molar-refractivity contribution in [2.45, 2.75) is 25.8 Å². The molecule has 0 saturated carbocycles. The van der Waals surface area contributed by atoms with Gasteiger partial charge in [-0.15, -0.1) is 0 Å². The van der Waals surface area contributed by atoms with Crippen LogP contribution in [0.4, 0.5) is 10.2 Å². The summed E-state index contributed by atoms with van der Waals surface area (Å²) in [5, 5.41) is 15.2. The fourth-order valence-corrected chi connectivity index (χ4v) is 1.94. The van der Waals surface area contributed by atoms with Crippen LogP contribution >= 0.6 is 0 Å². The van der Waals surface area contributed by atoms with Crippen molar-refractivity contribution >= 4 is 17.7 Å². The van der Waals surface area contributed by atoms with Crippen molar-refractivity contribution in [3.05, 3.63) is 47.9 Å². The molecule has 22 heavy (non-hydrogen) atoms. The lowest BCUT2D eigenvalue weighted by Gasteiger charge is -2.23. The third-order valence-corrected chi connectivity index (χ3v) is 3.29. The Hall–Kier alpha value is -2.70. The molecule has 0 aliphatic carbocycles. The van der Waals surface area contributed by atoms with Crippen LogP contribution in [-0.2, 0) is 21.5 Å². The van der Waals surface area contributed by atoms with Gasteiger partial charge in [0.15, 0.2) is 5.82 Å². The summed E-state index contributed by atoms with van der Waals surface area (Å²) in [6.07, 6.45) is 1.46. The average Bonchev–Trinajstić information content (AvgIpc) is 2.85. The first-order valence-electron chi connectivity index (χ1n) is 6.62. The third kappa shape index (κ3) is 3.49. The molecular weight excluding hydrogens is 289 g/mol. The molecule has 2 N–H and O–H groups in total. The Morgan fingerprint density at radius 3 is 2.73 bits per heavy atom. The van der Waals surface area contributed by atoms with E-state index in [0.29, 0.717) is 5.56 Å². The van der Waals surface area contributed by atoms with Crippen molar-refractivity contribution in [1.82, 2.24) is 9.78 Å². The number of rotatable bonds is 5. The molecule has 7 heteroatoms. The van der Waals surface area contributed by atoms with E-state index in [1.807, 2.05) is 0 Å². The van der Waals surface area contributed by atoms with Crippen molar-refractivity contribution in [3.63, 3.8) is 0 Å². The van der Waals surface area contributed by atoms with Gasteiger partial charge in [0.2, 0.25) is 5.91 Å². The van der Waals surface area contributed by atoms with Gasteiger partial charge in [0.25, 0.3) is 0 Å². The second-order valence-electron chi connectivity index (χ2n) is 5.38. The highest BCUT2D eigenvalue weighted by molar-refractivity contribution is 5.97. The number of carboxylic acid groups (broad SMARTS) is 1. The maximum absolute atomic E-state index is 13.3. The van der Waals surface area contributed by atoms with Gasteiger partial charge < -0.3 is 10.4 Å². The van der Waals surface area contributed by atoms with Crippen LogP contribution in [-0.4, -0.2) is 26.8 Å². The summed E-state index contributed by atoms with van der Waals surface area (Å²) in [4.78, 5) is 23.0. The van der Waals surface area contributed by atoms with E-state index >= 15 is 0 Å². The fraction of sp³-hybridized carbons (Fsp3) is 0.267. The van der Waals surface area contributed by atoms with Gasteiger partial charge in [0.05, 0.1) is 5.41 Å². The fourth-order valence-electron chi connectivity index (χ4n) is 1.94. The van der Waals surface area contributed by atoms with Gasteiger partial charge >= 0.3 is 5.97 Å². The Labute approximate surface area is 126 Å². The maximum atomic E-state index is 13.3. The number of aliphatic carboxylic acids is 1. The molecule has 2 rings (SSSR count). The molecule has 2 aromatic rings. The van der Waals surface area contributed by atoms with E-state index in [0.717, 1.165) is 0 Å². The summed E-state index contributed by atoms with van der Waals surface area (Å²) in [6, 6.07) is 7.34. The SMILES string of the molecule is CC(C)(C(=O)Nc1ccn(CC(=O)O)n1)c1cccc(F)c1. The standard InChI is InChI=1S/C15H16FN3O3/c1-15(2,10-4-3-5-11(16)8-10)14(22)17-12-6-7-19(18-12)9-13(20)21/h3-8H,9H2,1-2H3,(H,20,21)(H,17,18,22). The van der Waals surface area contributed by atoms with Crippen LogP contribution in [0.3, 0.4) is 0 Å². The minimum absolute atomic E-state index is 0.246. The van der Waals surface area contributed by atoms with Crippen molar-refractivity contribution < 1.29 is 19.1 Å². The monoisotopic (exact) mass is 305 g/mol. The van der Waals surface area contributed by atoms with Gasteiger partial charge in [0.1, 0.15) is 12.4 Å². The number of carbonyl (C=O) groups excluding carboxylic acids is 1. The largest absolute Gasteiger partial charge is 0.480 e. The second-order valence-corrected chi connectivity index (χ2v) is 5.38. The van der Waals surface area contributed by atoms with Crippen molar-refractivity contribution in [1.29, 1.82) is 0 Å². The molecular formula is C15H16FN3O3. The predicted octanol–water partition coefficient (Wildman–Crippen LogP) is 2.02. The molecule has 0 unspecified atom stereocenters. The van der Waals surface area contributed by atoms with Crippen molar-refractivity contribution in [2.75, 3.05) is 5.32 Å². The van der Waals surface area contributed by atoms with Gasteiger partial charge in [-0.2, -0.15) is 5.10 Å². The lowest BCUT2D eigenvalue weighted by Crippen LogP contribution is -2.35. The van der Waals surface area contributed by atoms with E-state index < -0.39 is 17.2 Å². The van der Waals surface area contributed by atoms with Gasteiger partial charge in [-0.05, 0) is 31.5 Å². The van der Waals surface area contributed by atoms with Gasteiger partial charge in [-0.25, -0.2) is 4.39 Å². The topological polar surface area (TPSA) is 84.2 Å². The quantitative estimate of drug-likeness (QED) is 0.885. The molecule has 0 atom stereocenters. The molecule has 116 valence electrons. The molecule has 1 aromatic carbocycles. The summed E-state index contributed by atoms with van der Waals surface area (Å²) in [5.74, 6) is -1.56.